The molecule has 104 valence electrons. The molecule has 1 saturated carbocycles. The van der Waals surface area contributed by atoms with Crippen LogP contribution in [0.25, 0.3) is 0 Å². The minimum absolute atomic E-state index is 0.264. The summed E-state index contributed by atoms with van der Waals surface area (Å²) in [6.45, 7) is 0.796. The molecule has 2 N–H and O–H groups in total. The maximum Gasteiger partial charge on any atom is 0.239 e. The van der Waals surface area contributed by atoms with Crippen LogP contribution < -0.4 is 5.73 Å². The van der Waals surface area contributed by atoms with Crippen LogP contribution in [0.15, 0.2) is 47.8 Å². The number of hydrogen-bond acceptors (Lipinski definition) is 3. The van der Waals surface area contributed by atoms with Gasteiger partial charge in [-0.3, -0.25) is 9.69 Å². The fraction of sp³-hybridized carbons (Fsp3) is 0.312. The Morgan fingerprint density at radius 3 is 2.55 bits per heavy atom. The van der Waals surface area contributed by atoms with Gasteiger partial charge in [-0.1, -0.05) is 36.4 Å². The van der Waals surface area contributed by atoms with Gasteiger partial charge in [0.15, 0.2) is 0 Å². The number of hydrogen-bond donors (Lipinski definition) is 1. The lowest BCUT2D eigenvalue weighted by Crippen LogP contribution is -2.38. The molecule has 1 aliphatic carbocycles. The van der Waals surface area contributed by atoms with Gasteiger partial charge in [-0.05, 0) is 29.9 Å². The monoisotopic (exact) mass is 286 g/mol. The molecule has 1 heterocycles. The molecule has 0 bridgehead atoms. The van der Waals surface area contributed by atoms with Gasteiger partial charge in [-0.15, -0.1) is 11.3 Å². The number of rotatable bonds is 6. The molecular weight excluding hydrogens is 268 g/mol. The van der Waals surface area contributed by atoms with Gasteiger partial charge < -0.3 is 5.73 Å². The molecule has 3 rings (SSSR count). The molecule has 1 atom stereocenters. The predicted molar refractivity (Wildman–Crippen MR) is 81.3 cm³/mol. The summed E-state index contributed by atoms with van der Waals surface area (Å²) in [6, 6.07) is 14.2. The van der Waals surface area contributed by atoms with Gasteiger partial charge in [0.05, 0.1) is 0 Å². The van der Waals surface area contributed by atoms with E-state index >= 15 is 0 Å². The smallest absolute Gasteiger partial charge is 0.239 e. The Balaban J connectivity index is 1.88. The standard InChI is InChI=1S/C16H18N2OS/c17-16(19)15(12-5-2-1-3-6-12)18(13-8-9-13)11-14-7-4-10-20-14/h1-7,10,13,15H,8-9,11H2,(H2,17,19). The number of primary amides is 1. The quantitative estimate of drug-likeness (QED) is 0.887. The van der Waals surface area contributed by atoms with Crippen molar-refractivity contribution < 1.29 is 4.79 Å². The molecule has 0 radical (unpaired) electrons. The average molecular weight is 286 g/mol. The van der Waals surface area contributed by atoms with Crippen LogP contribution in [0.5, 0.6) is 0 Å². The summed E-state index contributed by atoms with van der Waals surface area (Å²) >= 11 is 1.73. The van der Waals surface area contributed by atoms with Crippen molar-refractivity contribution in [2.24, 2.45) is 5.73 Å². The number of thiophene rings is 1. The van der Waals surface area contributed by atoms with Crippen LogP contribution in [-0.2, 0) is 11.3 Å². The zero-order chi connectivity index (χ0) is 13.9. The van der Waals surface area contributed by atoms with Crippen LogP contribution >= 0.6 is 11.3 Å². The fourth-order valence-electron chi connectivity index (χ4n) is 2.57. The van der Waals surface area contributed by atoms with Crippen molar-refractivity contribution in [3.63, 3.8) is 0 Å². The van der Waals surface area contributed by atoms with Crippen molar-refractivity contribution in [1.29, 1.82) is 0 Å². The fourth-order valence-corrected chi connectivity index (χ4v) is 3.29. The first-order valence-electron chi connectivity index (χ1n) is 6.88. The van der Waals surface area contributed by atoms with E-state index in [1.807, 2.05) is 36.4 Å². The van der Waals surface area contributed by atoms with Crippen LogP contribution in [0.4, 0.5) is 0 Å². The van der Waals surface area contributed by atoms with E-state index in [9.17, 15) is 4.79 Å². The largest absolute Gasteiger partial charge is 0.368 e. The summed E-state index contributed by atoms with van der Waals surface area (Å²) in [5, 5.41) is 2.07. The molecule has 1 amide bonds. The summed E-state index contributed by atoms with van der Waals surface area (Å²) in [4.78, 5) is 15.5. The summed E-state index contributed by atoms with van der Waals surface area (Å²) in [5.41, 5.74) is 6.68. The summed E-state index contributed by atoms with van der Waals surface area (Å²) in [7, 11) is 0. The molecule has 0 saturated heterocycles. The third-order valence-corrected chi connectivity index (χ3v) is 4.51. The summed E-state index contributed by atoms with van der Waals surface area (Å²) in [5.74, 6) is -0.264. The van der Waals surface area contributed by atoms with Crippen molar-refractivity contribution in [3.8, 4) is 0 Å². The summed E-state index contributed by atoms with van der Waals surface area (Å²) in [6.07, 6.45) is 2.31. The molecule has 2 aromatic rings. The third-order valence-electron chi connectivity index (χ3n) is 3.65. The van der Waals surface area contributed by atoms with Gasteiger partial charge >= 0.3 is 0 Å². The van der Waals surface area contributed by atoms with E-state index in [-0.39, 0.29) is 11.9 Å². The van der Waals surface area contributed by atoms with Gasteiger partial charge in [0.25, 0.3) is 0 Å². The zero-order valence-corrected chi connectivity index (χ0v) is 12.1. The zero-order valence-electron chi connectivity index (χ0n) is 11.2. The SMILES string of the molecule is NC(=O)C(c1ccccc1)N(Cc1cccs1)C1CC1. The lowest BCUT2D eigenvalue weighted by atomic mass is 10.0. The van der Waals surface area contributed by atoms with E-state index in [1.54, 1.807) is 11.3 Å². The number of nitrogens with zero attached hydrogens (tertiary/aromatic N) is 1. The lowest BCUT2D eigenvalue weighted by Gasteiger charge is -2.29. The molecule has 0 spiro atoms. The van der Waals surface area contributed by atoms with Gasteiger partial charge in [0, 0.05) is 17.5 Å². The highest BCUT2D eigenvalue weighted by atomic mass is 32.1. The third kappa shape index (κ3) is 2.92. The van der Waals surface area contributed by atoms with Crippen LogP contribution in [-0.4, -0.2) is 16.8 Å². The first kappa shape index (κ1) is 13.3. The van der Waals surface area contributed by atoms with Crippen molar-refractivity contribution in [2.75, 3.05) is 0 Å². The number of benzene rings is 1. The van der Waals surface area contributed by atoms with Crippen LogP contribution in [0, 0.1) is 0 Å². The maximum atomic E-state index is 12.0. The minimum atomic E-state index is -0.328. The van der Waals surface area contributed by atoms with Crippen molar-refractivity contribution in [2.45, 2.75) is 31.5 Å². The highest BCUT2D eigenvalue weighted by molar-refractivity contribution is 7.09. The van der Waals surface area contributed by atoms with Gasteiger partial charge in [-0.25, -0.2) is 0 Å². The molecular formula is C16H18N2OS. The molecule has 4 heteroatoms. The van der Waals surface area contributed by atoms with Crippen LogP contribution in [0.1, 0.15) is 29.3 Å². The van der Waals surface area contributed by atoms with Crippen molar-refractivity contribution in [3.05, 3.63) is 58.3 Å². The van der Waals surface area contributed by atoms with Gasteiger partial charge in [-0.2, -0.15) is 0 Å². The Labute approximate surface area is 123 Å². The second kappa shape index (κ2) is 5.77. The number of carbonyl (C=O) groups excluding carboxylic acids is 1. The Kier molecular flexibility index (Phi) is 3.85. The highest BCUT2D eigenvalue weighted by Gasteiger charge is 2.37. The number of amides is 1. The normalized spacial score (nSPS) is 16.2. The first-order chi connectivity index (χ1) is 9.75. The van der Waals surface area contributed by atoms with Crippen molar-refractivity contribution in [1.82, 2.24) is 4.90 Å². The van der Waals surface area contributed by atoms with E-state index in [0.29, 0.717) is 6.04 Å². The molecule has 1 aromatic heterocycles. The Hall–Kier alpha value is -1.65. The molecule has 1 aromatic carbocycles. The number of nitrogens with two attached hydrogens (primary N) is 1. The lowest BCUT2D eigenvalue weighted by molar-refractivity contribution is -0.124. The van der Waals surface area contributed by atoms with E-state index in [0.717, 1.165) is 24.9 Å². The molecule has 1 unspecified atom stereocenters. The van der Waals surface area contributed by atoms with E-state index in [2.05, 4.69) is 16.3 Å². The van der Waals surface area contributed by atoms with Gasteiger partial charge in [0.2, 0.25) is 5.91 Å². The Morgan fingerprint density at radius 1 is 1.25 bits per heavy atom. The van der Waals surface area contributed by atoms with E-state index in [4.69, 9.17) is 5.73 Å². The minimum Gasteiger partial charge on any atom is -0.368 e. The molecule has 1 aliphatic rings. The van der Waals surface area contributed by atoms with E-state index < -0.39 is 0 Å². The average Bonchev–Trinajstić information content (AvgIpc) is 3.17. The molecule has 0 aliphatic heterocycles. The molecule has 1 fully saturated rings. The topological polar surface area (TPSA) is 46.3 Å². The molecule has 20 heavy (non-hydrogen) atoms. The second-order valence-electron chi connectivity index (χ2n) is 5.20. The highest BCUT2D eigenvalue weighted by Crippen LogP contribution is 2.36. The van der Waals surface area contributed by atoms with Crippen LogP contribution in [0.2, 0.25) is 0 Å². The van der Waals surface area contributed by atoms with Crippen LogP contribution in [0.3, 0.4) is 0 Å². The summed E-state index contributed by atoms with van der Waals surface area (Å²) < 4.78 is 0. The maximum absolute atomic E-state index is 12.0. The predicted octanol–water partition coefficient (Wildman–Crippen LogP) is 2.94. The Morgan fingerprint density at radius 2 is 2.00 bits per heavy atom. The first-order valence-corrected chi connectivity index (χ1v) is 7.76. The molecule has 3 nitrogen and oxygen atoms in total. The van der Waals surface area contributed by atoms with E-state index in [1.165, 1.54) is 4.88 Å². The second-order valence-corrected chi connectivity index (χ2v) is 6.23. The Bertz CT molecular complexity index is 563. The van der Waals surface area contributed by atoms with Gasteiger partial charge in [0.1, 0.15) is 6.04 Å². The van der Waals surface area contributed by atoms with Crippen molar-refractivity contribution >= 4 is 17.2 Å². The number of carbonyl (C=O) groups is 1.